The first-order valence-corrected chi connectivity index (χ1v) is 6.72. The summed E-state index contributed by atoms with van der Waals surface area (Å²) in [5.74, 6) is -0.152. The van der Waals surface area contributed by atoms with Gasteiger partial charge in [-0.2, -0.15) is 5.10 Å². The number of nitrogens with zero attached hydrogens (tertiary/aromatic N) is 4. The quantitative estimate of drug-likeness (QED) is 0.789. The minimum atomic E-state index is -0.152. The molecule has 0 saturated heterocycles. The first-order chi connectivity index (χ1) is 10.2. The van der Waals surface area contributed by atoms with Gasteiger partial charge in [-0.15, -0.1) is 0 Å². The van der Waals surface area contributed by atoms with Gasteiger partial charge in [0.05, 0.1) is 17.6 Å². The number of nitrogens with one attached hydrogen (secondary N) is 1. The molecule has 2 aromatic heterocycles. The van der Waals surface area contributed by atoms with Gasteiger partial charge in [0.2, 0.25) is 0 Å². The normalized spacial score (nSPS) is 12.2. The number of fused-ring (bicyclic) bond motifs is 1. The maximum atomic E-state index is 12.4. The highest BCUT2D eigenvalue weighted by Gasteiger charge is 2.14. The van der Waals surface area contributed by atoms with Crippen molar-refractivity contribution in [2.24, 2.45) is 0 Å². The second-order valence-corrected chi connectivity index (χ2v) is 4.83. The van der Waals surface area contributed by atoms with Crippen LogP contribution in [0, 0.1) is 0 Å². The van der Waals surface area contributed by atoms with Crippen molar-refractivity contribution in [3.63, 3.8) is 0 Å². The summed E-state index contributed by atoms with van der Waals surface area (Å²) in [4.78, 5) is 20.8. The second kappa shape index (κ2) is 5.70. The second-order valence-electron chi connectivity index (χ2n) is 4.83. The van der Waals surface area contributed by atoms with Crippen LogP contribution >= 0.6 is 0 Å². The van der Waals surface area contributed by atoms with E-state index >= 15 is 0 Å². The maximum Gasteiger partial charge on any atom is 0.253 e. The molecule has 0 aliphatic heterocycles. The van der Waals surface area contributed by atoms with Crippen LogP contribution in [0.15, 0.2) is 49.1 Å². The lowest BCUT2D eigenvalue weighted by atomic mass is 10.1. The molecule has 1 atom stereocenters. The molecule has 3 aromatic rings. The van der Waals surface area contributed by atoms with Crippen molar-refractivity contribution in [1.82, 2.24) is 25.1 Å². The van der Waals surface area contributed by atoms with Gasteiger partial charge in [-0.05, 0) is 25.1 Å². The van der Waals surface area contributed by atoms with Gasteiger partial charge in [-0.1, -0.05) is 6.07 Å². The monoisotopic (exact) mass is 281 g/mol. The summed E-state index contributed by atoms with van der Waals surface area (Å²) in [5.41, 5.74) is 1.86. The lowest BCUT2D eigenvalue weighted by molar-refractivity contribution is 0.0937. The van der Waals surface area contributed by atoms with Gasteiger partial charge in [-0.3, -0.25) is 19.4 Å². The zero-order chi connectivity index (χ0) is 14.7. The van der Waals surface area contributed by atoms with E-state index in [-0.39, 0.29) is 11.9 Å². The standard InChI is InChI=1S/C15H15N5O/c1-11(10-20-9-3-6-18-20)19-15(21)12-4-2-5-13-14(12)17-8-7-16-13/h2-9,11H,10H2,1H3,(H,19,21). The molecule has 0 saturated carbocycles. The molecule has 0 fully saturated rings. The Bertz CT molecular complexity index is 748. The first kappa shape index (κ1) is 13.2. The number of para-hydroxylation sites is 1. The van der Waals surface area contributed by atoms with Crippen molar-refractivity contribution < 1.29 is 4.79 Å². The number of hydrogen-bond acceptors (Lipinski definition) is 4. The van der Waals surface area contributed by atoms with E-state index in [1.807, 2.05) is 31.3 Å². The fourth-order valence-corrected chi connectivity index (χ4v) is 2.21. The lowest BCUT2D eigenvalue weighted by Crippen LogP contribution is -2.36. The maximum absolute atomic E-state index is 12.4. The zero-order valence-corrected chi connectivity index (χ0v) is 11.6. The van der Waals surface area contributed by atoms with E-state index in [2.05, 4.69) is 20.4 Å². The molecule has 0 aliphatic carbocycles. The average Bonchev–Trinajstić information content (AvgIpc) is 2.99. The van der Waals surface area contributed by atoms with Crippen LogP contribution in [0.5, 0.6) is 0 Å². The van der Waals surface area contributed by atoms with Crippen molar-refractivity contribution in [3.05, 3.63) is 54.6 Å². The molecular formula is C15H15N5O. The highest BCUT2D eigenvalue weighted by Crippen LogP contribution is 2.13. The highest BCUT2D eigenvalue weighted by atomic mass is 16.1. The molecular weight excluding hydrogens is 266 g/mol. The molecule has 1 N–H and O–H groups in total. The smallest absolute Gasteiger partial charge is 0.253 e. The summed E-state index contributed by atoms with van der Waals surface area (Å²) in [6.45, 7) is 2.56. The summed E-state index contributed by atoms with van der Waals surface area (Å²) in [5, 5.41) is 7.09. The van der Waals surface area contributed by atoms with Gasteiger partial charge < -0.3 is 5.32 Å². The van der Waals surface area contributed by atoms with Gasteiger partial charge in [0.1, 0.15) is 5.52 Å². The minimum absolute atomic E-state index is 0.0377. The third kappa shape index (κ3) is 2.89. The molecule has 1 amide bonds. The molecule has 2 heterocycles. The Kier molecular flexibility index (Phi) is 3.59. The number of aromatic nitrogens is 4. The topological polar surface area (TPSA) is 72.7 Å². The van der Waals surface area contributed by atoms with E-state index in [4.69, 9.17) is 0 Å². The van der Waals surface area contributed by atoms with Crippen LogP contribution in [-0.4, -0.2) is 31.7 Å². The molecule has 0 radical (unpaired) electrons. The van der Waals surface area contributed by atoms with Crippen molar-refractivity contribution in [1.29, 1.82) is 0 Å². The van der Waals surface area contributed by atoms with E-state index in [1.165, 1.54) is 0 Å². The number of carbonyl (C=O) groups excluding carboxylic acids is 1. The predicted octanol–water partition coefficient (Wildman–Crippen LogP) is 1.64. The van der Waals surface area contributed by atoms with Crippen LogP contribution < -0.4 is 5.32 Å². The van der Waals surface area contributed by atoms with E-state index < -0.39 is 0 Å². The van der Waals surface area contributed by atoms with Crippen LogP contribution in [0.25, 0.3) is 11.0 Å². The highest BCUT2D eigenvalue weighted by molar-refractivity contribution is 6.04. The van der Waals surface area contributed by atoms with Gasteiger partial charge in [0.15, 0.2) is 0 Å². The Labute approximate surface area is 121 Å². The lowest BCUT2D eigenvalue weighted by Gasteiger charge is -2.14. The minimum Gasteiger partial charge on any atom is -0.348 e. The molecule has 21 heavy (non-hydrogen) atoms. The van der Waals surface area contributed by atoms with Crippen molar-refractivity contribution in [2.75, 3.05) is 0 Å². The van der Waals surface area contributed by atoms with E-state index in [9.17, 15) is 4.79 Å². The summed E-state index contributed by atoms with van der Waals surface area (Å²) in [6, 6.07) is 7.22. The fourth-order valence-electron chi connectivity index (χ4n) is 2.21. The fraction of sp³-hybridized carbons (Fsp3) is 0.200. The number of hydrogen-bond donors (Lipinski definition) is 1. The molecule has 1 aromatic carbocycles. The molecule has 3 rings (SSSR count). The van der Waals surface area contributed by atoms with Gasteiger partial charge in [-0.25, -0.2) is 0 Å². The molecule has 6 heteroatoms. The number of rotatable bonds is 4. The molecule has 1 unspecified atom stereocenters. The van der Waals surface area contributed by atoms with Crippen LogP contribution in [0.3, 0.4) is 0 Å². The summed E-state index contributed by atoms with van der Waals surface area (Å²) in [7, 11) is 0. The third-order valence-electron chi connectivity index (χ3n) is 3.14. The zero-order valence-electron chi connectivity index (χ0n) is 11.6. The van der Waals surface area contributed by atoms with Crippen LogP contribution in [0.2, 0.25) is 0 Å². The Hall–Kier alpha value is -2.76. The van der Waals surface area contributed by atoms with Crippen LogP contribution in [0.1, 0.15) is 17.3 Å². The largest absolute Gasteiger partial charge is 0.348 e. The average molecular weight is 281 g/mol. The van der Waals surface area contributed by atoms with Crippen molar-refractivity contribution >= 4 is 16.9 Å². The first-order valence-electron chi connectivity index (χ1n) is 6.72. The molecule has 0 bridgehead atoms. The third-order valence-corrected chi connectivity index (χ3v) is 3.14. The van der Waals surface area contributed by atoms with Gasteiger partial charge >= 0.3 is 0 Å². The number of benzene rings is 1. The molecule has 0 aliphatic rings. The number of carbonyl (C=O) groups is 1. The van der Waals surface area contributed by atoms with Crippen molar-refractivity contribution in [3.8, 4) is 0 Å². The SMILES string of the molecule is CC(Cn1cccn1)NC(=O)c1cccc2nccnc12. The van der Waals surface area contributed by atoms with E-state index in [1.54, 1.807) is 29.3 Å². The Balaban J connectivity index is 1.78. The Morgan fingerprint density at radius 3 is 2.90 bits per heavy atom. The summed E-state index contributed by atoms with van der Waals surface area (Å²) >= 11 is 0. The number of amides is 1. The van der Waals surface area contributed by atoms with Crippen LogP contribution in [-0.2, 0) is 6.54 Å². The molecule has 106 valence electrons. The summed E-state index contributed by atoms with van der Waals surface area (Å²) < 4.78 is 1.79. The molecule has 0 spiro atoms. The van der Waals surface area contributed by atoms with E-state index in [0.717, 1.165) is 0 Å². The predicted molar refractivity (Wildman–Crippen MR) is 78.7 cm³/mol. The molecule has 6 nitrogen and oxygen atoms in total. The van der Waals surface area contributed by atoms with Gasteiger partial charge in [0, 0.05) is 30.8 Å². The Morgan fingerprint density at radius 1 is 1.24 bits per heavy atom. The Morgan fingerprint density at radius 2 is 2.10 bits per heavy atom. The van der Waals surface area contributed by atoms with Gasteiger partial charge in [0.25, 0.3) is 5.91 Å². The van der Waals surface area contributed by atoms with Crippen molar-refractivity contribution in [2.45, 2.75) is 19.5 Å². The van der Waals surface area contributed by atoms with Crippen LogP contribution in [0.4, 0.5) is 0 Å². The summed E-state index contributed by atoms with van der Waals surface area (Å²) in [6.07, 6.45) is 6.79. The van der Waals surface area contributed by atoms with E-state index in [0.29, 0.717) is 23.1 Å².